The summed E-state index contributed by atoms with van der Waals surface area (Å²) in [6.07, 6.45) is 1.51. The molecule has 0 bridgehead atoms. The third-order valence-corrected chi connectivity index (χ3v) is 4.31. The zero-order valence-corrected chi connectivity index (χ0v) is 15.7. The van der Waals surface area contributed by atoms with Crippen LogP contribution in [-0.2, 0) is 13.6 Å². The van der Waals surface area contributed by atoms with E-state index in [1.165, 1.54) is 6.20 Å². The van der Waals surface area contributed by atoms with Crippen LogP contribution in [0, 0.1) is 6.92 Å². The van der Waals surface area contributed by atoms with E-state index in [4.69, 9.17) is 9.47 Å². The lowest BCUT2D eigenvalue weighted by atomic mass is 10.1. The van der Waals surface area contributed by atoms with E-state index in [9.17, 15) is 9.59 Å². The number of benzene rings is 1. The number of methoxy groups -OCH3 is 2. The molecule has 0 fully saturated rings. The number of rotatable bonds is 5. The van der Waals surface area contributed by atoms with Crippen molar-refractivity contribution in [2.75, 3.05) is 14.2 Å². The van der Waals surface area contributed by atoms with Crippen molar-refractivity contribution in [3.63, 3.8) is 0 Å². The minimum Gasteiger partial charge on any atom is -0.493 e. The Morgan fingerprint density at radius 3 is 2.59 bits per heavy atom. The van der Waals surface area contributed by atoms with Gasteiger partial charge in [0, 0.05) is 25.5 Å². The van der Waals surface area contributed by atoms with Crippen molar-refractivity contribution in [2.45, 2.75) is 13.5 Å². The molecule has 27 heavy (non-hydrogen) atoms. The molecular weight excluding hydrogens is 346 g/mol. The zero-order valence-electron chi connectivity index (χ0n) is 15.7. The lowest BCUT2D eigenvalue weighted by molar-refractivity contribution is 0.0949. The number of nitrogens with zero attached hydrogens (tertiary/aromatic N) is 2. The van der Waals surface area contributed by atoms with Gasteiger partial charge in [0.05, 0.1) is 19.6 Å². The van der Waals surface area contributed by atoms with Gasteiger partial charge in [0.2, 0.25) is 5.43 Å². The van der Waals surface area contributed by atoms with Gasteiger partial charge < -0.3 is 19.4 Å². The van der Waals surface area contributed by atoms with Gasteiger partial charge >= 0.3 is 0 Å². The van der Waals surface area contributed by atoms with E-state index in [1.807, 2.05) is 13.0 Å². The Balaban J connectivity index is 1.86. The fourth-order valence-electron chi connectivity index (χ4n) is 2.88. The van der Waals surface area contributed by atoms with Crippen molar-refractivity contribution in [1.29, 1.82) is 0 Å². The molecule has 7 heteroatoms. The van der Waals surface area contributed by atoms with Crippen molar-refractivity contribution in [3.05, 3.63) is 63.6 Å². The molecule has 0 aliphatic carbocycles. The molecule has 1 aromatic carbocycles. The third kappa shape index (κ3) is 3.62. The summed E-state index contributed by atoms with van der Waals surface area (Å²) in [5.74, 6) is 0.749. The minimum atomic E-state index is -0.437. The molecule has 0 atom stereocenters. The molecule has 3 aromatic rings. The average Bonchev–Trinajstić information content (AvgIpc) is 2.68. The molecule has 0 unspecified atom stereocenters. The van der Waals surface area contributed by atoms with Gasteiger partial charge in [-0.25, -0.2) is 4.98 Å². The highest BCUT2D eigenvalue weighted by Crippen LogP contribution is 2.27. The summed E-state index contributed by atoms with van der Waals surface area (Å²) in [5, 5.41) is 3.20. The van der Waals surface area contributed by atoms with Crippen LogP contribution < -0.4 is 20.2 Å². The van der Waals surface area contributed by atoms with Crippen LogP contribution in [0.4, 0.5) is 0 Å². The number of hydrogen-bond acceptors (Lipinski definition) is 5. The van der Waals surface area contributed by atoms with Crippen LogP contribution in [0.2, 0.25) is 0 Å². The van der Waals surface area contributed by atoms with Gasteiger partial charge in [-0.1, -0.05) is 6.07 Å². The maximum absolute atomic E-state index is 12.7. The summed E-state index contributed by atoms with van der Waals surface area (Å²) >= 11 is 0. The first-order chi connectivity index (χ1) is 12.9. The molecule has 2 heterocycles. The summed E-state index contributed by atoms with van der Waals surface area (Å²) in [5.41, 5.74) is 1.94. The number of carbonyl (C=O) groups is 1. The van der Waals surface area contributed by atoms with Crippen molar-refractivity contribution in [1.82, 2.24) is 14.9 Å². The minimum absolute atomic E-state index is 0.0797. The highest BCUT2D eigenvalue weighted by molar-refractivity contribution is 5.96. The fraction of sp³-hybridized carbons (Fsp3) is 0.250. The quantitative estimate of drug-likeness (QED) is 0.747. The molecule has 0 saturated heterocycles. The average molecular weight is 367 g/mol. The predicted octanol–water partition coefficient (Wildman–Crippen LogP) is 2.19. The van der Waals surface area contributed by atoms with Gasteiger partial charge in [-0.2, -0.15) is 0 Å². The lowest BCUT2D eigenvalue weighted by Gasteiger charge is -2.11. The highest BCUT2D eigenvalue weighted by Gasteiger charge is 2.15. The number of fused-ring (bicyclic) bond motifs is 1. The number of pyridine rings is 2. The smallest absolute Gasteiger partial charge is 0.257 e. The van der Waals surface area contributed by atoms with E-state index in [2.05, 4.69) is 10.3 Å². The summed E-state index contributed by atoms with van der Waals surface area (Å²) in [4.78, 5) is 29.6. The monoisotopic (exact) mass is 367 g/mol. The number of nitrogens with one attached hydrogen (secondary N) is 1. The van der Waals surface area contributed by atoms with Crippen molar-refractivity contribution < 1.29 is 14.3 Å². The second-order valence-corrected chi connectivity index (χ2v) is 6.18. The van der Waals surface area contributed by atoms with Crippen molar-refractivity contribution >= 4 is 16.9 Å². The van der Waals surface area contributed by atoms with Gasteiger partial charge in [0.25, 0.3) is 5.91 Å². The van der Waals surface area contributed by atoms with Crippen LogP contribution in [0.1, 0.15) is 21.6 Å². The van der Waals surface area contributed by atoms with E-state index in [-0.39, 0.29) is 17.5 Å². The maximum atomic E-state index is 12.7. The molecule has 1 N–H and O–H groups in total. The van der Waals surface area contributed by atoms with Crippen LogP contribution >= 0.6 is 0 Å². The Bertz CT molecular complexity index is 1070. The molecule has 7 nitrogen and oxygen atoms in total. The van der Waals surface area contributed by atoms with Gasteiger partial charge in [0.1, 0.15) is 11.2 Å². The Hall–Kier alpha value is -3.35. The number of hydrogen-bond donors (Lipinski definition) is 1. The summed E-state index contributed by atoms with van der Waals surface area (Å²) < 4.78 is 12.2. The third-order valence-electron chi connectivity index (χ3n) is 4.31. The Morgan fingerprint density at radius 2 is 1.89 bits per heavy atom. The standard InChI is InChI=1S/C20H21N3O4/c1-12-5-7-14-18(24)15(11-23(2)19(14)22-12)20(25)21-10-13-6-8-16(26-3)17(9-13)27-4/h5-9,11H,10H2,1-4H3,(H,21,25). The molecular formula is C20H21N3O4. The number of aromatic nitrogens is 2. The molecule has 3 rings (SSSR count). The van der Waals surface area contributed by atoms with Crippen molar-refractivity contribution in [3.8, 4) is 11.5 Å². The van der Waals surface area contributed by atoms with Crippen LogP contribution in [-0.4, -0.2) is 29.7 Å². The van der Waals surface area contributed by atoms with Gasteiger partial charge in [-0.3, -0.25) is 9.59 Å². The van der Waals surface area contributed by atoms with E-state index in [1.54, 1.807) is 50.1 Å². The molecule has 0 aliphatic rings. The Morgan fingerprint density at radius 1 is 1.15 bits per heavy atom. The molecule has 0 aliphatic heterocycles. The number of amides is 1. The summed E-state index contributed by atoms with van der Waals surface area (Å²) in [7, 11) is 4.87. The van der Waals surface area contributed by atoms with Gasteiger partial charge in [-0.05, 0) is 36.8 Å². The predicted molar refractivity (Wildman–Crippen MR) is 102 cm³/mol. The van der Waals surface area contributed by atoms with E-state index in [0.29, 0.717) is 22.5 Å². The molecule has 140 valence electrons. The SMILES string of the molecule is COc1ccc(CNC(=O)c2cn(C)c3nc(C)ccc3c2=O)cc1OC. The van der Waals surface area contributed by atoms with E-state index >= 15 is 0 Å². The second kappa shape index (κ2) is 7.49. The number of carbonyl (C=O) groups excluding carboxylic acids is 1. The normalized spacial score (nSPS) is 10.7. The Labute approximate surface area is 156 Å². The van der Waals surface area contributed by atoms with E-state index in [0.717, 1.165) is 11.3 Å². The summed E-state index contributed by atoms with van der Waals surface area (Å²) in [6, 6.07) is 8.83. The van der Waals surface area contributed by atoms with Gasteiger partial charge in [0.15, 0.2) is 11.5 Å². The maximum Gasteiger partial charge on any atom is 0.257 e. The molecule has 2 aromatic heterocycles. The fourth-order valence-corrected chi connectivity index (χ4v) is 2.88. The molecule has 1 amide bonds. The number of aryl methyl sites for hydroxylation is 2. The van der Waals surface area contributed by atoms with E-state index < -0.39 is 5.91 Å². The largest absolute Gasteiger partial charge is 0.493 e. The molecule has 0 radical (unpaired) electrons. The molecule has 0 saturated carbocycles. The topological polar surface area (TPSA) is 82.5 Å². The van der Waals surface area contributed by atoms with Gasteiger partial charge in [-0.15, -0.1) is 0 Å². The van der Waals surface area contributed by atoms with Crippen LogP contribution in [0.25, 0.3) is 11.0 Å². The first kappa shape index (κ1) is 18.4. The summed E-state index contributed by atoms with van der Waals surface area (Å²) in [6.45, 7) is 2.11. The highest BCUT2D eigenvalue weighted by atomic mass is 16.5. The second-order valence-electron chi connectivity index (χ2n) is 6.18. The first-order valence-electron chi connectivity index (χ1n) is 8.40. The van der Waals surface area contributed by atoms with Crippen LogP contribution in [0.3, 0.4) is 0 Å². The van der Waals surface area contributed by atoms with Crippen molar-refractivity contribution in [2.24, 2.45) is 7.05 Å². The Kier molecular flexibility index (Phi) is 5.12. The van der Waals surface area contributed by atoms with Crippen LogP contribution in [0.15, 0.2) is 41.3 Å². The zero-order chi connectivity index (χ0) is 19.6. The number of ether oxygens (including phenoxy) is 2. The first-order valence-corrected chi connectivity index (χ1v) is 8.40. The van der Waals surface area contributed by atoms with Crippen LogP contribution in [0.5, 0.6) is 11.5 Å². The molecule has 0 spiro atoms. The lowest BCUT2D eigenvalue weighted by Crippen LogP contribution is -2.29.